The number of nitrogens with one attached hydrogen (secondary N) is 1. The van der Waals surface area contributed by atoms with Crippen LogP contribution in [0, 0.1) is 6.92 Å². The third kappa shape index (κ3) is 2.98. The maximum absolute atomic E-state index is 12.5. The van der Waals surface area contributed by atoms with Gasteiger partial charge in [0.05, 0.1) is 6.04 Å². The molecule has 1 aliphatic rings. The van der Waals surface area contributed by atoms with E-state index in [-0.39, 0.29) is 17.6 Å². The quantitative estimate of drug-likeness (QED) is 0.908. The summed E-state index contributed by atoms with van der Waals surface area (Å²) in [7, 11) is 0. The first-order chi connectivity index (χ1) is 10.4. The smallest absolute Gasteiger partial charge is 0.251 e. The molecule has 1 aliphatic heterocycles. The fraction of sp³-hybridized carbons (Fsp3) is 0.316. The second kappa shape index (κ2) is 5.48. The Morgan fingerprint density at radius 1 is 1.14 bits per heavy atom. The molecule has 1 amide bonds. The monoisotopic (exact) mass is 295 g/mol. The van der Waals surface area contributed by atoms with E-state index in [2.05, 4.69) is 5.32 Å². The topological polar surface area (TPSA) is 38.3 Å². The van der Waals surface area contributed by atoms with Crippen LogP contribution in [0.15, 0.2) is 48.5 Å². The lowest BCUT2D eigenvalue weighted by atomic mass is 9.89. The van der Waals surface area contributed by atoms with Gasteiger partial charge in [-0.25, -0.2) is 0 Å². The lowest BCUT2D eigenvalue weighted by Gasteiger charge is -2.37. The zero-order chi connectivity index (χ0) is 15.7. The molecule has 2 aromatic carbocycles. The molecule has 0 radical (unpaired) electrons. The molecule has 1 N–H and O–H groups in total. The summed E-state index contributed by atoms with van der Waals surface area (Å²) in [4.78, 5) is 12.5. The van der Waals surface area contributed by atoms with Crippen LogP contribution in [-0.4, -0.2) is 11.5 Å². The summed E-state index contributed by atoms with van der Waals surface area (Å²) in [5.41, 5.74) is 2.59. The summed E-state index contributed by atoms with van der Waals surface area (Å²) in [6.07, 6.45) is 0.752. The van der Waals surface area contributed by atoms with Gasteiger partial charge in [-0.3, -0.25) is 4.79 Å². The summed E-state index contributed by atoms with van der Waals surface area (Å²) in [5, 5.41) is 3.15. The number of amides is 1. The molecule has 1 atom stereocenters. The molecule has 1 heterocycles. The van der Waals surface area contributed by atoms with Crippen LogP contribution in [-0.2, 0) is 0 Å². The van der Waals surface area contributed by atoms with Crippen molar-refractivity contribution in [2.75, 3.05) is 0 Å². The van der Waals surface area contributed by atoms with Crippen LogP contribution in [0.2, 0.25) is 0 Å². The maximum atomic E-state index is 12.5. The van der Waals surface area contributed by atoms with Gasteiger partial charge in [0.2, 0.25) is 0 Å². The summed E-state index contributed by atoms with van der Waals surface area (Å²) in [5.74, 6) is 0.811. The van der Waals surface area contributed by atoms with Crippen LogP contribution in [0.4, 0.5) is 0 Å². The number of ether oxygens (including phenoxy) is 1. The van der Waals surface area contributed by atoms with Crippen molar-refractivity contribution >= 4 is 5.91 Å². The van der Waals surface area contributed by atoms with Gasteiger partial charge >= 0.3 is 0 Å². The lowest BCUT2D eigenvalue weighted by Crippen LogP contribution is -2.41. The van der Waals surface area contributed by atoms with E-state index in [1.54, 1.807) is 0 Å². The van der Waals surface area contributed by atoms with Crippen molar-refractivity contribution in [1.82, 2.24) is 5.32 Å². The van der Waals surface area contributed by atoms with Gasteiger partial charge in [0.15, 0.2) is 0 Å². The van der Waals surface area contributed by atoms with Crippen molar-refractivity contribution in [2.24, 2.45) is 0 Å². The zero-order valence-electron chi connectivity index (χ0n) is 13.2. The van der Waals surface area contributed by atoms with E-state index in [4.69, 9.17) is 4.74 Å². The Kier molecular flexibility index (Phi) is 3.65. The molecule has 22 heavy (non-hydrogen) atoms. The van der Waals surface area contributed by atoms with E-state index < -0.39 is 0 Å². The summed E-state index contributed by atoms with van der Waals surface area (Å²) >= 11 is 0. The summed E-state index contributed by atoms with van der Waals surface area (Å²) in [6.45, 7) is 6.11. The standard InChI is InChI=1S/C19H21NO2/c1-13-8-10-14(11-9-13)18(21)20-16-12-19(2,3)22-17-7-5-4-6-15(16)17/h4-11,16H,12H2,1-3H3,(H,20,21). The van der Waals surface area contributed by atoms with E-state index in [0.29, 0.717) is 5.56 Å². The number of para-hydroxylation sites is 1. The number of hydrogen-bond donors (Lipinski definition) is 1. The number of fused-ring (bicyclic) bond motifs is 1. The minimum Gasteiger partial charge on any atom is -0.487 e. The van der Waals surface area contributed by atoms with Gasteiger partial charge in [-0.1, -0.05) is 35.9 Å². The van der Waals surface area contributed by atoms with E-state index >= 15 is 0 Å². The van der Waals surface area contributed by atoms with E-state index in [0.717, 1.165) is 23.3 Å². The molecule has 0 aliphatic carbocycles. The van der Waals surface area contributed by atoms with Crippen molar-refractivity contribution < 1.29 is 9.53 Å². The highest BCUT2D eigenvalue weighted by molar-refractivity contribution is 5.94. The van der Waals surface area contributed by atoms with Crippen molar-refractivity contribution in [3.8, 4) is 5.75 Å². The van der Waals surface area contributed by atoms with Gasteiger partial charge in [0, 0.05) is 17.5 Å². The molecule has 2 aromatic rings. The Balaban J connectivity index is 1.85. The van der Waals surface area contributed by atoms with Gasteiger partial charge in [0.25, 0.3) is 5.91 Å². The molecule has 3 nitrogen and oxygen atoms in total. The zero-order valence-corrected chi connectivity index (χ0v) is 13.2. The van der Waals surface area contributed by atoms with Crippen LogP contribution in [0.5, 0.6) is 5.75 Å². The van der Waals surface area contributed by atoms with Gasteiger partial charge < -0.3 is 10.1 Å². The van der Waals surface area contributed by atoms with E-state index in [1.807, 2.05) is 69.3 Å². The molecule has 0 saturated heterocycles. The molecule has 1 unspecified atom stereocenters. The molecular formula is C19H21NO2. The Morgan fingerprint density at radius 2 is 1.82 bits per heavy atom. The number of carbonyl (C=O) groups excluding carboxylic acids is 1. The van der Waals surface area contributed by atoms with Crippen molar-refractivity contribution in [3.05, 3.63) is 65.2 Å². The largest absolute Gasteiger partial charge is 0.487 e. The Bertz CT molecular complexity index is 689. The van der Waals surface area contributed by atoms with E-state index in [9.17, 15) is 4.79 Å². The highest BCUT2D eigenvalue weighted by atomic mass is 16.5. The first-order valence-corrected chi connectivity index (χ1v) is 7.60. The number of hydrogen-bond acceptors (Lipinski definition) is 2. The molecule has 0 fully saturated rings. The third-order valence-corrected chi connectivity index (χ3v) is 4.00. The highest BCUT2D eigenvalue weighted by Crippen LogP contribution is 2.39. The number of benzene rings is 2. The first-order valence-electron chi connectivity index (χ1n) is 7.60. The Labute approximate surface area is 131 Å². The molecule has 0 aromatic heterocycles. The fourth-order valence-corrected chi connectivity index (χ4v) is 2.88. The normalized spacial score (nSPS) is 19.0. The summed E-state index contributed by atoms with van der Waals surface area (Å²) in [6, 6.07) is 15.5. The molecule has 114 valence electrons. The number of carbonyl (C=O) groups is 1. The minimum atomic E-state index is -0.292. The van der Waals surface area contributed by atoms with Gasteiger partial charge in [0.1, 0.15) is 11.4 Å². The summed E-state index contributed by atoms with van der Waals surface area (Å²) < 4.78 is 6.00. The van der Waals surface area contributed by atoms with E-state index in [1.165, 1.54) is 0 Å². The molecule has 0 saturated carbocycles. The average molecular weight is 295 g/mol. The molecular weight excluding hydrogens is 274 g/mol. The van der Waals surface area contributed by atoms with Gasteiger partial charge in [-0.2, -0.15) is 0 Å². The van der Waals surface area contributed by atoms with Gasteiger partial charge in [-0.15, -0.1) is 0 Å². The second-order valence-corrected chi connectivity index (χ2v) is 6.50. The number of aryl methyl sites for hydroxylation is 1. The fourth-order valence-electron chi connectivity index (χ4n) is 2.88. The lowest BCUT2D eigenvalue weighted by molar-refractivity contribution is 0.0620. The predicted octanol–water partition coefficient (Wildman–Crippen LogP) is 4.03. The maximum Gasteiger partial charge on any atom is 0.251 e. The molecule has 3 rings (SSSR count). The second-order valence-electron chi connectivity index (χ2n) is 6.50. The minimum absolute atomic E-state index is 0.0336. The van der Waals surface area contributed by atoms with Gasteiger partial charge in [-0.05, 0) is 39.0 Å². The van der Waals surface area contributed by atoms with Crippen molar-refractivity contribution in [3.63, 3.8) is 0 Å². The predicted molar refractivity (Wildman–Crippen MR) is 87.2 cm³/mol. The third-order valence-electron chi connectivity index (χ3n) is 4.00. The van der Waals surface area contributed by atoms with Crippen LogP contribution in [0.3, 0.4) is 0 Å². The highest BCUT2D eigenvalue weighted by Gasteiger charge is 2.34. The van der Waals surface area contributed by atoms with Crippen molar-refractivity contribution in [2.45, 2.75) is 38.8 Å². The van der Waals surface area contributed by atoms with Crippen LogP contribution in [0.1, 0.15) is 47.8 Å². The average Bonchev–Trinajstić information content (AvgIpc) is 2.46. The Morgan fingerprint density at radius 3 is 2.55 bits per heavy atom. The molecule has 0 spiro atoms. The van der Waals surface area contributed by atoms with Crippen molar-refractivity contribution in [1.29, 1.82) is 0 Å². The molecule has 0 bridgehead atoms. The van der Waals surface area contributed by atoms with Crippen LogP contribution >= 0.6 is 0 Å². The Hall–Kier alpha value is -2.29. The molecule has 3 heteroatoms. The van der Waals surface area contributed by atoms with Crippen LogP contribution < -0.4 is 10.1 Å². The van der Waals surface area contributed by atoms with Crippen LogP contribution in [0.25, 0.3) is 0 Å². The number of rotatable bonds is 2. The first kappa shape index (κ1) is 14.6. The SMILES string of the molecule is Cc1ccc(C(=O)NC2CC(C)(C)Oc3ccccc32)cc1.